The van der Waals surface area contributed by atoms with Gasteiger partial charge >= 0.3 is 0 Å². The van der Waals surface area contributed by atoms with Crippen LogP contribution in [0.15, 0.2) is 6.33 Å². The van der Waals surface area contributed by atoms with Crippen molar-refractivity contribution < 1.29 is 0 Å². The summed E-state index contributed by atoms with van der Waals surface area (Å²) in [6.07, 6.45) is 3.02. The van der Waals surface area contributed by atoms with Gasteiger partial charge in [0.2, 0.25) is 0 Å². The molecule has 0 spiro atoms. The lowest BCUT2D eigenvalue weighted by Gasteiger charge is -2.37. The molecule has 1 aliphatic rings. The maximum absolute atomic E-state index is 4.61. The summed E-state index contributed by atoms with van der Waals surface area (Å²) in [5.74, 6) is 4.02. The Morgan fingerprint density at radius 1 is 1.25 bits per heavy atom. The van der Waals surface area contributed by atoms with Crippen molar-refractivity contribution in [2.24, 2.45) is 11.8 Å². The molecule has 0 aromatic carbocycles. The maximum atomic E-state index is 4.61. The van der Waals surface area contributed by atoms with Gasteiger partial charge in [0.15, 0.2) is 0 Å². The third kappa shape index (κ3) is 3.22. The van der Waals surface area contributed by atoms with Crippen molar-refractivity contribution in [3.8, 4) is 0 Å². The van der Waals surface area contributed by atoms with Crippen molar-refractivity contribution in [3.63, 3.8) is 0 Å². The van der Waals surface area contributed by atoms with E-state index in [4.69, 9.17) is 0 Å². The second-order valence-corrected chi connectivity index (χ2v) is 6.50. The molecule has 2 atom stereocenters. The van der Waals surface area contributed by atoms with E-state index in [1.165, 1.54) is 12.0 Å². The SMILES string of the molecule is CCNc1ncnc(N2CC(C)CC(C)C2)c1C(C)C. The molecule has 1 N–H and O–H groups in total. The molecule has 4 nitrogen and oxygen atoms in total. The maximum Gasteiger partial charge on any atom is 0.137 e. The van der Waals surface area contributed by atoms with Crippen LogP contribution in [0.2, 0.25) is 0 Å². The third-order valence-corrected chi connectivity index (χ3v) is 3.95. The van der Waals surface area contributed by atoms with E-state index >= 15 is 0 Å². The van der Waals surface area contributed by atoms with Gasteiger partial charge in [0.1, 0.15) is 18.0 Å². The molecular formula is C16H28N4. The van der Waals surface area contributed by atoms with E-state index in [2.05, 4.69) is 54.8 Å². The van der Waals surface area contributed by atoms with Gasteiger partial charge in [0.25, 0.3) is 0 Å². The number of hydrogen-bond acceptors (Lipinski definition) is 4. The van der Waals surface area contributed by atoms with Crippen LogP contribution in [0.25, 0.3) is 0 Å². The number of anilines is 2. The average molecular weight is 276 g/mol. The van der Waals surface area contributed by atoms with Gasteiger partial charge in [-0.3, -0.25) is 0 Å². The summed E-state index contributed by atoms with van der Waals surface area (Å²) in [7, 11) is 0. The Hall–Kier alpha value is -1.32. The number of piperidine rings is 1. The van der Waals surface area contributed by atoms with Crippen LogP contribution in [0.3, 0.4) is 0 Å². The number of hydrogen-bond donors (Lipinski definition) is 1. The Morgan fingerprint density at radius 3 is 2.45 bits per heavy atom. The Bertz CT molecular complexity index is 434. The van der Waals surface area contributed by atoms with Crippen molar-refractivity contribution in [2.75, 3.05) is 29.9 Å². The fourth-order valence-electron chi connectivity index (χ4n) is 3.31. The zero-order valence-electron chi connectivity index (χ0n) is 13.5. The predicted molar refractivity (Wildman–Crippen MR) is 85.4 cm³/mol. The van der Waals surface area contributed by atoms with E-state index in [1.807, 2.05) is 0 Å². The normalized spacial score (nSPS) is 23.2. The van der Waals surface area contributed by atoms with Gasteiger partial charge in [-0.1, -0.05) is 27.7 Å². The number of nitrogens with one attached hydrogen (secondary N) is 1. The molecule has 1 fully saturated rings. The summed E-state index contributed by atoms with van der Waals surface area (Å²) in [6, 6.07) is 0. The van der Waals surface area contributed by atoms with Crippen LogP contribution in [0.5, 0.6) is 0 Å². The number of aromatic nitrogens is 2. The topological polar surface area (TPSA) is 41.1 Å². The molecule has 0 amide bonds. The van der Waals surface area contributed by atoms with E-state index in [-0.39, 0.29) is 0 Å². The summed E-state index contributed by atoms with van der Waals surface area (Å²) in [4.78, 5) is 11.5. The zero-order valence-corrected chi connectivity index (χ0v) is 13.5. The molecule has 112 valence electrons. The molecule has 1 aromatic heterocycles. The first-order valence-electron chi connectivity index (χ1n) is 7.86. The molecular weight excluding hydrogens is 248 g/mol. The molecule has 4 heteroatoms. The van der Waals surface area contributed by atoms with Gasteiger partial charge in [-0.15, -0.1) is 0 Å². The molecule has 0 bridgehead atoms. The lowest BCUT2D eigenvalue weighted by molar-refractivity contribution is 0.354. The Balaban J connectivity index is 2.37. The van der Waals surface area contributed by atoms with E-state index in [1.54, 1.807) is 6.33 Å². The van der Waals surface area contributed by atoms with Gasteiger partial charge < -0.3 is 10.2 Å². The smallest absolute Gasteiger partial charge is 0.137 e. The third-order valence-electron chi connectivity index (χ3n) is 3.95. The summed E-state index contributed by atoms with van der Waals surface area (Å²) >= 11 is 0. The fraction of sp³-hybridized carbons (Fsp3) is 0.750. The van der Waals surface area contributed by atoms with Crippen LogP contribution in [0, 0.1) is 11.8 Å². The lowest BCUT2D eigenvalue weighted by atomic mass is 9.91. The summed E-state index contributed by atoms with van der Waals surface area (Å²) in [5.41, 5.74) is 1.26. The highest BCUT2D eigenvalue weighted by atomic mass is 15.2. The van der Waals surface area contributed by atoms with Crippen LogP contribution in [0.1, 0.15) is 52.5 Å². The van der Waals surface area contributed by atoms with E-state index in [9.17, 15) is 0 Å². The first-order valence-corrected chi connectivity index (χ1v) is 7.86. The molecule has 20 heavy (non-hydrogen) atoms. The molecule has 1 aromatic rings. The Labute approximate surface area is 123 Å². The zero-order chi connectivity index (χ0) is 14.7. The summed E-state index contributed by atoms with van der Waals surface area (Å²) in [6.45, 7) is 14.3. The van der Waals surface area contributed by atoms with E-state index in [0.29, 0.717) is 5.92 Å². The minimum Gasteiger partial charge on any atom is -0.370 e. The quantitative estimate of drug-likeness (QED) is 0.913. The van der Waals surface area contributed by atoms with Crippen LogP contribution >= 0.6 is 0 Å². The van der Waals surface area contributed by atoms with Crippen LogP contribution in [-0.4, -0.2) is 29.6 Å². The first-order chi connectivity index (χ1) is 9.52. The molecule has 1 aliphatic heterocycles. The van der Waals surface area contributed by atoms with Crippen molar-refractivity contribution >= 4 is 11.6 Å². The second-order valence-electron chi connectivity index (χ2n) is 6.50. The highest BCUT2D eigenvalue weighted by molar-refractivity contribution is 5.60. The highest BCUT2D eigenvalue weighted by Gasteiger charge is 2.26. The molecule has 1 saturated heterocycles. The average Bonchev–Trinajstić information content (AvgIpc) is 2.37. The lowest BCUT2D eigenvalue weighted by Crippen LogP contribution is -2.40. The van der Waals surface area contributed by atoms with Crippen LogP contribution in [0.4, 0.5) is 11.6 Å². The number of nitrogens with zero attached hydrogens (tertiary/aromatic N) is 3. The fourth-order valence-corrected chi connectivity index (χ4v) is 3.31. The standard InChI is InChI=1S/C16H28N4/c1-6-17-15-14(11(2)3)16(19-10-18-15)20-8-12(4)7-13(5)9-20/h10-13H,6-9H2,1-5H3,(H,17,18,19). The largest absolute Gasteiger partial charge is 0.370 e. The molecule has 2 rings (SSSR count). The van der Waals surface area contributed by atoms with Crippen molar-refractivity contribution in [1.29, 1.82) is 0 Å². The van der Waals surface area contributed by atoms with Crippen LogP contribution < -0.4 is 10.2 Å². The Kier molecular flexibility index (Phi) is 4.84. The Morgan fingerprint density at radius 2 is 1.90 bits per heavy atom. The number of rotatable bonds is 4. The van der Waals surface area contributed by atoms with Crippen molar-refractivity contribution in [3.05, 3.63) is 11.9 Å². The molecule has 2 unspecified atom stereocenters. The van der Waals surface area contributed by atoms with Gasteiger partial charge in [-0.25, -0.2) is 9.97 Å². The van der Waals surface area contributed by atoms with Gasteiger partial charge in [-0.2, -0.15) is 0 Å². The highest BCUT2D eigenvalue weighted by Crippen LogP contribution is 2.34. The van der Waals surface area contributed by atoms with Gasteiger partial charge in [0.05, 0.1) is 0 Å². The first kappa shape index (κ1) is 15.1. The van der Waals surface area contributed by atoms with E-state index < -0.39 is 0 Å². The molecule has 0 radical (unpaired) electrons. The van der Waals surface area contributed by atoms with E-state index in [0.717, 1.165) is 43.1 Å². The molecule has 0 saturated carbocycles. The second kappa shape index (κ2) is 6.42. The summed E-state index contributed by atoms with van der Waals surface area (Å²) in [5, 5.41) is 3.38. The van der Waals surface area contributed by atoms with Gasteiger partial charge in [0, 0.05) is 25.2 Å². The van der Waals surface area contributed by atoms with Crippen molar-refractivity contribution in [2.45, 2.75) is 47.0 Å². The molecule has 0 aliphatic carbocycles. The van der Waals surface area contributed by atoms with Crippen molar-refractivity contribution in [1.82, 2.24) is 9.97 Å². The minimum absolute atomic E-state index is 0.424. The molecule has 2 heterocycles. The minimum atomic E-state index is 0.424. The van der Waals surface area contributed by atoms with Crippen LogP contribution in [-0.2, 0) is 0 Å². The summed E-state index contributed by atoms with van der Waals surface area (Å²) < 4.78 is 0. The predicted octanol–water partition coefficient (Wildman–Crippen LogP) is 3.51. The van der Waals surface area contributed by atoms with Gasteiger partial charge in [-0.05, 0) is 31.1 Å². The monoisotopic (exact) mass is 276 g/mol.